The van der Waals surface area contributed by atoms with Gasteiger partial charge in [0.2, 0.25) is 5.91 Å². The summed E-state index contributed by atoms with van der Waals surface area (Å²) in [7, 11) is 0. The van der Waals surface area contributed by atoms with Crippen molar-refractivity contribution in [1.82, 2.24) is 14.8 Å². The molecule has 3 aromatic rings. The molecule has 2 aromatic carbocycles. The number of nitrogens with zero attached hydrogens (tertiary/aromatic N) is 3. The molecule has 0 aliphatic heterocycles. The van der Waals surface area contributed by atoms with Crippen LogP contribution in [0.2, 0.25) is 5.02 Å². The molecule has 0 radical (unpaired) electrons. The lowest BCUT2D eigenvalue weighted by Gasteiger charge is -2.10. The van der Waals surface area contributed by atoms with Crippen LogP contribution in [-0.4, -0.2) is 26.4 Å². The van der Waals surface area contributed by atoms with E-state index in [1.807, 2.05) is 54.0 Å². The fraction of sp³-hybridized carbons (Fsp3) is 0.190. The van der Waals surface area contributed by atoms with Crippen molar-refractivity contribution in [3.05, 3.63) is 77.6 Å². The molecule has 0 aliphatic rings. The van der Waals surface area contributed by atoms with Crippen LogP contribution in [0, 0.1) is 6.92 Å². The number of halogens is 1. The van der Waals surface area contributed by atoms with Crippen molar-refractivity contribution >= 4 is 35.0 Å². The number of aromatic nitrogens is 3. The Morgan fingerprint density at radius 2 is 2.07 bits per heavy atom. The van der Waals surface area contributed by atoms with Crippen molar-refractivity contribution in [3.8, 4) is 5.75 Å². The van der Waals surface area contributed by atoms with Gasteiger partial charge in [0, 0.05) is 17.3 Å². The minimum atomic E-state index is -0.108. The third-order valence-corrected chi connectivity index (χ3v) is 5.38. The number of aryl methyl sites for hydroxylation is 1. The normalized spacial score (nSPS) is 10.6. The maximum Gasteiger partial charge on any atom is 0.234 e. The van der Waals surface area contributed by atoms with E-state index >= 15 is 0 Å². The van der Waals surface area contributed by atoms with Crippen molar-refractivity contribution in [2.24, 2.45) is 0 Å². The van der Waals surface area contributed by atoms with E-state index < -0.39 is 0 Å². The number of nitrogens with one attached hydrogen (secondary N) is 1. The van der Waals surface area contributed by atoms with Crippen molar-refractivity contribution < 1.29 is 9.53 Å². The van der Waals surface area contributed by atoms with Crippen LogP contribution < -0.4 is 10.1 Å². The van der Waals surface area contributed by atoms with E-state index in [4.69, 9.17) is 16.3 Å². The van der Waals surface area contributed by atoms with Crippen molar-refractivity contribution in [3.63, 3.8) is 0 Å². The summed E-state index contributed by atoms with van der Waals surface area (Å²) in [5.74, 6) is 1.48. The second-order valence-corrected chi connectivity index (χ2v) is 7.55. The van der Waals surface area contributed by atoms with Crippen LogP contribution in [0.15, 0.2) is 66.3 Å². The number of benzene rings is 2. The number of ether oxygens (including phenoxy) is 1. The highest BCUT2D eigenvalue weighted by Crippen LogP contribution is 2.23. The SMILES string of the molecule is C=CCn1c(COc2ccc(Cl)c(C)c2)nnc1SCC(=O)Nc1ccccc1. The highest BCUT2D eigenvalue weighted by molar-refractivity contribution is 7.99. The van der Waals surface area contributed by atoms with E-state index in [1.54, 1.807) is 12.1 Å². The van der Waals surface area contributed by atoms with Gasteiger partial charge in [-0.2, -0.15) is 0 Å². The molecule has 3 rings (SSSR count). The number of allylic oxidation sites excluding steroid dienone is 1. The predicted molar refractivity (Wildman–Crippen MR) is 117 cm³/mol. The average molecular weight is 429 g/mol. The molecule has 0 bridgehead atoms. The largest absolute Gasteiger partial charge is 0.486 e. The zero-order valence-electron chi connectivity index (χ0n) is 16.0. The molecular formula is C21H21ClN4O2S. The Kier molecular flexibility index (Phi) is 7.32. The Bertz CT molecular complexity index is 992. The van der Waals surface area contributed by atoms with Gasteiger partial charge in [0.25, 0.3) is 0 Å². The quantitative estimate of drug-likeness (QED) is 0.394. The van der Waals surface area contributed by atoms with Crippen LogP contribution in [0.25, 0.3) is 0 Å². The predicted octanol–water partition coefficient (Wildman–Crippen LogP) is 4.74. The molecule has 150 valence electrons. The van der Waals surface area contributed by atoms with E-state index in [-0.39, 0.29) is 18.3 Å². The second kappa shape index (κ2) is 10.1. The molecule has 1 heterocycles. The molecule has 0 aliphatic carbocycles. The Hall–Kier alpha value is -2.77. The van der Waals surface area contributed by atoms with Crippen LogP contribution in [0.4, 0.5) is 5.69 Å². The lowest BCUT2D eigenvalue weighted by atomic mass is 10.2. The second-order valence-electron chi connectivity index (χ2n) is 6.20. The van der Waals surface area contributed by atoms with E-state index in [1.165, 1.54) is 11.8 Å². The molecule has 1 aromatic heterocycles. The van der Waals surface area contributed by atoms with Gasteiger partial charge in [0.05, 0.1) is 5.75 Å². The first-order chi connectivity index (χ1) is 14.1. The monoisotopic (exact) mass is 428 g/mol. The zero-order valence-corrected chi connectivity index (χ0v) is 17.5. The number of amides is 1. The number of carbonyl (C=O) groups excluding carboxylic acids is 1. The molecule has 0 atom stereocenters. The van der Waals surface area contributed by atoms with Crippen LogP contribution in [0.1, 0.15) is 11.4 Å². The lowest BCUT2D eigenvalue weighted by Crippen LogP contribution is -2.14. The van der Waals surface area contributed by atoms with Gasteiger partial charge in [-0.1, -0.05) is 47.6 Å². The van der Waals surface area contributed by atoms with Crippen LogP contribution in [-0.2, 0) is 17.9 Å². The maximum absolute atomic E-state index is 12.2. The first kappa shape index (κ1) is 21.0. The van der Waals surface area contributed by atoms with Crippen molar-refractivity contribution in [2.45, 2.75) is 25.2 Å². The molecule has 1 amide bonds. The maximum atomic E-state index is 12.2. The van der Waals surface area contributed by atoms with Gasteiger partial charge in [0.15, 0.2) is 11.0 Å². The summed E-state index contributed by atoms with van der Waals surface area (Å²) in [4.78, 5) is 12.2. The molecule has 6 nitrogen and oxygen atoms in total. The molecule has 0 saturated carbocycles. The molecule has 0 spiro atoms. The lowest BCUT2D eigenvalue weighted by molar-refractivity contribution is -0.113. The third kappa shape index (κ3) is 5.85. The minimum Gasteiger partial charge on any atom is -0.486 e. The summed E-state index contributed by atoms with van der Waals surface area (Å²) in [5, 5.41) is 12.6. The number of para-hydroxylation sites is 1. The highest BCUT2D eigenvalue weighted by Gasteiger charge is 2.14. The molecule has 0 unspecified atom stereocenters. The van der Waals surface area contributed by atoms with Gasteiger partial charge in [-0.15, -0.1) is 16.8 Å². The fourth-order valence-corrected chi connectivity index (χ4v) is 3.43. The molecule has 0 saturated heterocycles. The molecule has 1 N–H and O–H groups in total. The standard InChI is InChI=1S/C21H21ClN4O2S/c1-3-11-26-19(13-28-17-9-10-18(22)15(2)12-17)24-25-21(26)29-14-20(27)23-16-7-5-4-6-8-16/h3-10,12H,1,11,13-14H2,2H3,(H,23,27). The number of hydrogen-bond acceptors (Lipinski definition) is 5. The summed E-state index contributed by atoms with van der Waals surface area (Å²) in [6, 6.07) is 14.8. The number of carbonyl (C=O) groups is 1. The highest BCUT2D eigenvalue weighted by atomic mass is 35.5. The number of rotatable bonds is 9. The molecule has 0 fully saturated rings. The molecule has 29 heavy (non-hydrogen) atoms. The first-order valence-corrected chi connectivity index (χ1v) is 10.3. The van der Waals surface area contributed by atoms with Gasteiger partial charge >= 0.3 is 0 Å². The van der Waals surface area contributed by atoms with Crippen molar-refractivity contribution in [1.29, 1.82) is 0 Å². The zero-order chi connectivity index (χ0) is 20.6. The Labute approximate surface area is 178 Å². The van der Waals surface area contributed by atoms with Gasteiger partial charge in [-0.25, -0.2) is 0 Å². The summed E-state index contributed by atoms with van der Waals surface area (Å²) in [6.45, 7) is 6.48. The van der Waals surface area contributed by atoms with Gasteiger partial charge < -0.3 is 10.1 Å². The van der Waals surface area contributed by atoms with Gasteiger partial charge in [0.1, 0.15) is 12.4 Å². The Balaban J connectivity index is 1.62. The first-order valence-electron chi connectivity index (χ1n) is 8.96. The summed E-state index contributed by atoms with van der Waals surface area (Å²) < 4.78 is 7.71. The van der Waals surface area contributed by atoms with Crippen molar-refractivity contribution in [2.75, 3.05) is 11.1 Å². The number of thioether (sulfide) groups is 1. The fourth-order valence-electron chi connectivity index (χ4n) is 2.55. The molecule has 8 heteroatoms. The van der Waals surface area contributed by atoms with E-state index in [9.17, 15) is 4.79 Å². The van der Waals surface area contributed by atoms with E-state index in [2.05, 4.69) is 22.1 Å². The number of hydrogen-bond donors (Lipinski definition) is 1. The van der Waals surface area contributed by atoms with Crippen LogP contribution in [0.3, 0.4) is 0 Å². The topological polar surface area (TPSA) is 69.0 Å². The Morgan fingerprint density at radius 3 is 2.79 bits per heavy atom. The Morgan fingerprint density at radius 1 is 1.28 bits per heavy atom. The molecular weight excluding hydrogens is 408 g/mol. The van der Waals surface area contributed by atoms with E-state index in [0.717, 1.165) is 11.3 Å². The third-order valence-electron chi connectivity index (χ3n) is 3.99. The summed E-state index contributed by atoms with van der Waals surface area (Å²) in [5.41, 5.74) is 1.70. The van der Waals surface area contributed by atoms with Gasteiger partial charge in [-0.05, 0) is 42.8 Å². The van der Waals surface area contributed by atoms with Crippen LogP contribution in [0.5, 0.6) is 5.75 Å². The summed E-state index contributed by atoms with van der Waals surface area (Å²) in [6.07, 6.45) is 1.76. The minimum absolute atomic E-state index is 0.108. The average Bonchev–Trinajstić information content (AvgIpc) is 3.10. The number of anilines is 1. The van der Waals surface area contributed by atoms with Crippen LogP contribution >= 0.6 is 23.4 Å². The van der Waals surface area contributed by atoms with E-state index in [0.29, 0.717) is 28.3 Å². The smallest absolute Gasteiger partial charge is 0.234 e. The van der Waals surface area contributed by atoms with Gasteiger partial charge in [-0.3, -0.25) is 9.36 Å². The summed E-state index contributed by atoms with van der Waals surface area (Å²) >= 11 is 7.37.